The van der Waals surface area contributed by atoms with Crippen LogP contribution in [0, 0.1) is 0 Å². The molecule has 22 heavy (non-hydrogen) atoms. The monoisotopic (exact) mass is 309 g/mol. The molecule has 3 rings (SSSR count). The van der Waals surface area contributed by atoms with Gasteiger partial charge in [-0.3, -0.25) is 4.79 Å². The number of carbonyl (C=O) groups excluding carboxylic acids is 1. The highest BCUT2D eigenvalue weighted by Crippen LogP contribution is 2.20. The highest BCUT2D eigenvalue weighted by molar-refractivity contribution is 7.98. The zero-order valence-electron chi connectivity index (χ0n) is 12.1. The first-order valence-corrected chi connectivity index (χ1v) is 8.14. The Balaban J connectivity index is 1.90. The zero-order valence-corrected chi connectivity index (χ0v) is 13.0. The number of aromatic nitrogens is 3. The van der Waals surface area contributed by atoms with Crippen molar-refractivity contribution < 1.29 is 4.79 Å². The minimum absolute atomic E-state index is 0.0785. The molecule has 0 amide bonds. The maximum absolute atomic E-state index is 12.5. The Bertz CT molecular complexity index is 769. The van der Waals surface area contributed by atoms with Crippen LogP contribution >= 0.6 is 11.8 Å². The molecule has 0 spiro atoms. The lowest BCUT2D eigenvalue weighted by Gasteiger charge is -2.02. The van der Waals surface area contributed by atoms with Crippen molar-refractivity contribution in [2.45, 2.75) is 11.6 Å². The fourth-order valence-electron chi connectivity index (χ4n) is 2.15. The van der Waals surface area contributed by atoms with E-state index >= 15 is 0 Å². The van der Waals surface area contributed by atoms with Gasteiger partial charge in [-0.1, -0.05) is 72.4 Å². The van der Waals surface area contributed by atoms with Crippen LogP contribution in [0.2, 0.25) is 0 Å². The third-order valence-corrected chi connectivity index (χ3v) is 3.86. The predicted octanol–water partition coefficient (Wildman–Crippen LogP) is 3.55. The van der Waals surface area contributed by atoms with E-state index in [9.17, 15) is 4.79 Å². The van der Waals surface area contributed by atoms with Gasteiger partial charge >= 0.3 is 0 Å². The van der Waals surface area contributed by atoms with Gasteiger partial charge in [-0.15, -0.1) is 5.10 Å². The van der Waals surface area contributed by atoms with Crippen LogP contribution < -0.4 is 0 Å². The van der Waals surface area contributed by atoms with Crippen LogP contribution in [-0.2, 0) is 6.42 Å². The van der Waals surface area contributed by atoms with Crippen LogP contribution in [0.1, 0.15) is 10.4 Å². The Morgan fingerprint density at radius 2 is 1.68 bits per heavy atom. The minimum Gasteiger partial charge on any atom is -0.272 e. The van der Waals surface area contributed by atoms with E-state index in [0.717, 1.165) is 11.1 Å². The van der Waals surface area contributed by atoms with E-state index in [2.05, 4.69) is 10.1 Å². The molecule has 0 saturated heterocycles. The highest BCUT2D eigenvalue weighted by atomic mass is 32.2. The Labute approximate surface area is 133 Å². The van der Waals surface area contributed by atoms with Gasteiger partial charge in [0.15, 0.2) is 11.0 Å². The van der Waals surface area contributed by atoms with Gasteiger partial charge in [0.2, 0.25) is 0 Å². The molecule has 2 aromatic carbocycles. The molecule has 0 N–H and O–H groups in total. The predicted molar refractivity (Wildman–Crippen MR) is 88.0 cm³/mol. The summed E-state index contributed by atoms with van der Waals surface area (Å²) in [6, 6.07) is 19.3. The van der Waals surface area contributed by atoms with Crippen molar-refractivity contribution in [1.29, 1.82) is 0 Å². The Morgan fingerprint density at radius 3 is 2.32 bits per heavy atom. The van der Waals surface area contributed by atoms with E-state index in [1.54, 1.807) is 0 Å². The molecule has 0 bridgehead atoms. The summed E-state index contributed by atoms with van der Waals surface area (Å²) in [7, 11) is 0. The lowest BCUT2D eigenvalue weighted by molar-refractivity contribution is 0.0886. The summed E-state index contributed by atoms with van der Waals surface area (Å²) in [6.45, 7) is 0. The molecule has 0 radical (unpaired) electrons. The number of benzene rings is 2. The second-order valence-electron chi connectivity index (χ2n) is 4.76. The van der Waals surface area contributed by atoms with Crippen molar-refractivity contribution in [3.05, 3.63) is 66.2 Å². The van der Waals surface area contributed by atoms with Crippen molar-refractivity contribution in [2.75, 3.05) is 6.26 Å². The highest BCUT2D eigenvalue weighted by Gasteiger charge is 2.16. The largest absolute Gasteiger partial charge is 0.272 e. The molecule has 1 aromatic heterocycles. The van der Waals surface area contributed by atoms with Crippen LogP contribution in [-0.4, -0.2) is 26.9 Å². The molecule has 5 heteroatoms. The molecule has 0 unspecified atom stereocenters. The average molecular weight is 309 g/mol. The second kappa shape index (κ2) is 6.58. The normalized spacial score (nSPS) is 10.6. The summed E-state index contributed by atoms with van der Waals surface area (Å²) in [6.07, 6.45) is 2.21. The van der Waals surface area contributed by atoms with Crippen LogP contribution in [0.15, 0.2) is 65.8 Å². The van der Waals surface area contributed by atoms with Gasteiger partial charge in [0.05, 0.1) is 6.42 Å². The molecule has 0 aliphatic carbocycles. The third kappa shape index (κ3) is 3.09. The molecule has 1 heterocycles. The van der Waals surface area contributed by atoms with Crippen LogP contribution in [0.25, 0.3) is 11.4 Å². The van der Waals surface area contributed by atoms with Gasteiger partial charge in [-0.25, -0.2) is 4.98 Å². The zero-order chi connectivity index (χ0) is 15.4. The molecule has 0 atom stereocenters. The second-order valence-corrected chi connectivity index (χ2v) is 5.53. The van der Waals surface area contributed by atoms with E-state index in [1.807, 2.05) is 66.9 Å². The molecule has 3 aromatic rings. The number of carbonyl (C=O) groups is 1. The van der Waals surface area contributed by atoms with Gasteiger partial charge < -0.3 is 0 Å². The standard InChI is InChI=1S/C17H15N3OS/c1-22-17-18-16(14-10-6-3-7-11-14)19-20(17)15(21)12-13-8-4-2-5-9-13/h2-11H,12H2,1H3. The average Bonchev–Trinajstić information content (AvgIpc) is 3.01. The Morgan fingerprint density at radius 1 is 1.05 bits per heavy atom. The first kappa shape index (κ1) is 14.5. The van der Waals surface area contributed by atoms with Crippen molar-refractivity contribution in [3.8, 4) is 11.4 Å². The van der Waals surface area contributed by atoms with Crippen molar-refractivity contribution in [1.82, 2.24) is 14.8 Å². The SMILES string of the molecule is CSc1nc(-c2ccccc2)nn1C(=O)Cc1ccccc1. The minimum atomic E-state index is -0.0785. The van der Waals surface area contributed by atoms with Gasteiger partial charge in [0, 0.05) is 5.56 Å². The molecule has 0 aliphatic heterocycles. The third-order valence-electron chi connectivity index (χ3n) is 3.23. The lowest BCUT2D eigenvalue weighted by atomic mass is 10.1. The summed E-state index contributed by atoms with van der Waals surface area (Å²) >= 11 is 1.42. The van der Waals surface area contributed by atoms with Crippen molar-refractivity contribution in [3.63, 3.8) is 0 Å². The fourth-order valence-corrected chi connectivity index (χ4v) is 2.64. The number of thioether (sulfide) groups is 1. The molecule has 4 nitrogen and oxygen atoms in total. The van der Waals surface area contributed by atoms with Crippen LogP contribution in [0.4, 0.5) is 0 Å². The van der Waals surface area contributed by atoms with Gasteiger partial charge in [0.25, 0.3) is 5.91 Å². The smallest absolute Gasteiger partial charge is 0.253 e. The summed E-state index contributed by atoms with van der Waals surface area (Å²) < 4.78 is 1.40. The molecule has 0 aliphatic rings. The van der Waals surface area contributed by atoms with Crippen LogP contribution in [0.3, 0.4) is 0 Å². The molecule has 0 fully saturated rings. The number of nitrogens with zero attached hydrogens (tertiary/aromatic N) is 3. The topological polar surface area (TPSA) is 47.8 Å². The molecular weight excluding hydrogens is 294 g/mol. The quantitative estimate of drug-likeness (QED) is 0.692. The summed E-state index contributed by atoms with van der Waals surface area (Å²) in [5.74, 6) is 0.497. The lowest BCUT2D eigenvalue weighted by Crippen LogP contribution is -2.16. The van der Waals surface area contributed by atoms with Gasteiger partial charge in [0.1, 0.15) is 0 Å². The number of hydrogen-bond donors (Lipinski definition) is 0. The van der Waals surface area contributed by atoms with Crippen molar-refractivity contribution >= 4 is 17.7 Å². The maximum atomic E-state index is 12.5. The van der Waals surface area contributed by atoms with E-state index in [-0.39, 0.29) is 5.91 Å². The maximum Gasteiger partial charge on any atom is 0.253 e. The summed E-state index contributed by atoms with van der Waals surface area (Å²) in [5.41, 5.74) is 1.88. The van der Waals surface area contributed by atoms with Crippen molar-refractivity contribution in [2.24, 2.45) is 0 Å². The Kier molecular flexibility index (Phi) is 4.34. The molecule has 110 valence electrons. The first-order valence-electron chi connectivity index (χ1n) is 6.91. The molecule has 0 saturated carbocycles. The number of rotatable bonds is 4. The van der Waals surface area contributed by atoms with E-state index in [0.29, 0.717) is 17.4 Å². The van der Waals surface area contributed by atoms with E-state index in [4.69, 9.17) is 0 Å². The van der Waals surface area contributed by atoms with Gasteiger partial charge in [-0.2, -0.15) is 4.68 Å². The van der Waals surface area contributed by atoms with E-state index < -0.39 is 0 Å². The van der Waals surface area contributed by atoms with E-state index in [1.165, 1.54) is 16.4 Å². The summed E-state index contributed by atoms with van der Waals surface area (Å²) in [5, 5.41) is 4.99. The van der Waals surface area contributed by atoms with Gasteiger partial charge in [-0.05, 0) is 11.8 Å². The summed E-state index contributed by atoms with van der Waals surface area (Å²) in [4.78, 5) is 16.9. The number of hydrogen-bond acceptors (Lipinski definition) is 4. The molecular formula is C17H15N3OS. The first-order chi connectivity index (χ1) is 10.8. The fraction of sp³-hybridized carbons (Fsp3) is 0.118. The Hall–Kier alpha value is -2.40. The van der Waals surface area contributed by atoms with Crippen LogP contribution in [0.5, 0.6) is 0 Å².